The van der Waals surface area contributed by atoms with Gasteiger partial charge in [0.1, 0.15) is 12.4 Å². The average molecular weight is 406 g/mol. The molecule has 0 amide bonds. The molecule has 5 heteroatoms. The predicted octanol–water partition coefficient (Wildman–Crippen LogP) is 6.39. The number of allylic oxidation sites excluding steroid dienone is 1. The topological polar surface area (TPSA) is 76.2 Å². The smallest absolute Gasteiger partial charge is 0.269 e. The number of nitro benzene ring substituents is 1. The maximum Gasteiger partial charge on any atom is 0.269 e. The number of hydrogen-bond donors (Lipinski definition) is 0. The molecule has 0 radical (unpaired) electrons. The number of nitrogens with zero attached hydrogens (tertiary/aromatic N) is 2. The van der Waals surface area contributed by atoms with E-state index in [9.17, 15) is 15.4 Å². The van der Waals surface area contributed by atoms with Gasteiger partial charge in [0, 0.05) is 17.7 Å². The zero-order chi connectivity index (χ0) is 21.6. The van der Waals surface area contributed by atoms with Gasteiger partial charge in [-0.3, -0.25) is 10.1 Å². The van der Waals surface area contributed by atoms with E-state index in [1.54, 1.807) is 18.2 Å². The van der Waals surface area contributed by atoms with Crippen LogP contribution in [0.5, 0.6) is 5.75 Å². The van der Waals surface area contributed by atoms with Gasteiger partial charge in [0.2, 0.25) is 0 Å². The summed E-state index contributed by atoms with van der Waals surface area (Å²) in [5.41, 5.74) is 2.84. The van der Waals surface area contributed by atoms with Gasteiger partial charge in [0.15, 0.2) is 0 Å². The van der Waals surface area contributed by atoms with Crippen molar-refractivity contribution in [3.05, 3.63) is 118 Å². The Balaban J connectivity index is 1.62. The Bertz CT molecular complexity index is 1340. The van der Waals surface area contributed by atoms with Gasteiger partial charge in [-0.1, -0.05) is 66.7 Å². The summed E-state index contributed by atoms with van der Waals surface area (Å²) in [5, 5.41) is 22.9. The summed E-state index contributed by atoms with van der Waals surface area (Å²) in [7, 11) is 0. The van der Waals surface area contributed by atoms with Crippen LogP contribution in [-0.2, 0) is 6.61 Å². The van der Waals surface area contributed by atoms with Crippen molar-refractivity contribution in [2.24, 2.45) is 0 Å². The number of non-ortho nitro benzene ring substituents is 1. The summed E-state index contributed by atoms with van der Waals surface area (Å²) in [6.07, 6.45) is 1.80. The fraction of sp³-hybridized carbons (Fsp3) is 0.0385. The molecular weight excluding hydrogens is 388 g/mol. The summed E-state index contributed by atoms with van der Waals surface area (Å²) in [5.74, 6) is 0.600. The van der Waals surface area contributed by atoms with Crippen molar-refractivity contribution in [3.63, 3.8) is 0 Å². The van der Waals surface area contributed by atoms with Crippen LogP contribution in [0.15, 0.2) is 91.0 Å². The molecule has 0 unspecified atom stereocenters. The highest BCUT2D eigenvalue weighted by Crippen LogP contribution is 2.27. The maximum absolute atomic E-state index is 11.0. The van der Waals surface area contributed by atoms with Gasteiger partial charge in [-0.15, -0.1) is 0 Å². The van der Waals surface area contributed by atoms with Gasteiger partial charge in [0.05, 0.1) is 16.6 Å². The van der Waals surface area contributed by atoms with Crippen molar-refractivity contribution in [1.29, 1.82) is 5.26 Å². The van der Waals surface area contributed by atoms with E-state index in [-0.39, 0.29) is 12.3 Å². The highest BCUT2D eigenvalue weighted by atomic mass is 16.6. The fourth-order valence-electron chi connectivity index (χ4n) is 3.34. The number of nitriles is 1. The molecule has 0 heterocycles. The molecule has 0 saturated carbocycles. The van der Waals surface area contributed by atoms with E-state index in [0.717, 1.165) is 21.9 Å². The molecule has 4 aromatic carbocycles. The lowest BCUT2D eigenvalue weighted by atomic mass is 10.00. The van der Waals surface area contributed by atoms with E-state index in [2.05, 4.69) is 6.07 Å². The first kappa shape index (κ1) is 19.9. The number of fused-ring (bicyclic) bond motifs is 1. The van der Waals surface area contributed by atoms with E-state index in [0.29, 0.717) is 16.9 Å². The Morgan fingerprint density at radius 2 is 1.71 bits per heavy atom. The Morgan fingerprint density at radius 3 is 2.52 bits per heavy atom. The number of rotatable bonds is 6. The number of hydrogen-bond acceptors (Lipinski definition) is 4. The summed E-state index contributed by atoms with van der Waals surface area (Å²) < 4.78 is 5.93. The van der Waals surface area contributed by atoms with Gasteiger partial charge in [-0.05, 0) is 40.1 Å². The minimum atomic E-state index is -0.428. The van der Waals surface area contributed by atoms with Crippen molar-refractivity contribution in [1.82, 2.24) is 0 Å². The molecule has 0 spiro atoms. The van der Waals surface area contributed by atoms with E-state index in [4.69, 9.17) is 4.74 Å². The van der Waals surface area contributed by atoms with Crippen LogP contribution < -0.4 is 4.74 Å². The second-order valence-corrected chi connectivity index (χ2v) is 6.99. The SMILES string of the molecule is N#C/C(=C/c1ccccc1OCc1cccc([N+](=O)[O-])c1)c1ccc2ccccc2c1. The molecule has 0 fully saturated rings. The molecule has 0 aliphatic carbocycles. The first-order chi connectivity index (χ1) is 15.1. The molecule has 0 aliphatic heterocycles. The molecule has 0 N–H and O–H groups in total. The fourth-order valence-corrected chi connectivity index (χ4v) is 3.34. The van der Waals surface area contributed by atoms with Gasteiger partial charge in [-0.25, -0.2) is 0 Å². The second kappa shape index (κ2) is 8.93. The third kappa shape index (κ3) is 4.60. The van der Waals surface area contributed by atoms with Crippen molar-refractivity contribution < 1.29 is 9.66 Å². The summed E-state index contributed by atoms with van der Waals surface area (Å²) in [6, 6.07) is 30.0. The Morgan fingerprint density at radius 1 is 0.935 bits per heavy atom. The van der Waals surface area contributed by atoms with Crippen molar-refractivity contribution in [3.8, 4) is 11.8 Å². The highest BCUT2D eigenvalue weighted by Gasteiger charge is 2.09. The lowest BCUT2D eigenvalue weighted by Crippen LogP contribution is -1.98. The molecule has 0 aliphatic rings. The summed E-state index contributed by atoms with van der Waals surface area (Å²) in [4.78, 5) is 10.6. The van der Waals surface area contributed by atoms with E-state index in [1.807, 2.05) is 66.7 Å². The average Bonchev–Trinajstić information content (AvgIpc) is 2.81. The molecule has 5 nitrogen and oxygen atoms in total. The second-order valence-electron chi connectivity index (χ2n) is 6.99. The van der Waals surface area contributed by atoms with Crippen molar-refractivity contribution >= 4 is 28.1 Å². The molecule has 4 aromatic rings. The van der Waals surface area contributed by atoms with E-state index in [1.165, 1.54) is 12.1 Å². The minimum absolute atomic E-state index is 0.0253. The lowest BCUT2D eigenvalue weighted by Gasteiger charge is -2.10. The maximum atomic E-state index is 11.0. The molecule has 31 heavy (non-hydrogen) atoms. The molecule has 0 atom stereocenters. The van der Waals surface area contributed by atoms with Gasteiger partial charge in [-0.2, -0.15) is 5.26 Å². The number of benzene rings is 4. The summed E-state index contributed by atoms with van der Waals surface area (Å²) >= 11 is 0. The van der Waals surface area contributed by atoms with Crippen LogP contribution in [0.25, 0.3) is 22.4 Å². The molecule has 0 bridgehead atoms. The molecule has 4 rings (SSSR count). The van der Waals surface area contributed by atoms with Crippen LogP contribution in [0.2, 0.25) is 0 Å². The van der Waals surface area contributed by atoms with Crippen LogP contribution in [-0.4, -0.2) is 4.92 Å². The third-order valence-electron chi connectivity index (χ3n) is 4.92. The first-order valence-electron chi connectivity index (χ1n) is 9.70. The number of ether oxygens (including phenoxy) is 1. The lowest BCUT2D eigenvalue weighted by molar-refractivity contribution is -0.384. The molecule has 0 aromatic heterocycles. The van der Waals surface area contributed by atoms with Crippen molar-refractivity contribution in [2.45, 2.75) is 6.61 Å². The monoisotopic (exact) mass is 406 g/mol. The van der Waals surface area contributed by atoms with Gasteiger partial charge < -0.3 is 4.74 Å². The van der Waals surface area contributed by atoms with Gasteiger partial charge >= 0.3 is 0 Å². The van der Waals surface area contributed by atoms with Crippen LogP contribution in [0.3, 0.4) is 0 Å². The van der Waals surface area contributed by atoms with Crippen molar-refractivity contribution in [2.75, 3.05) is 0 Å². The molecule has 0 saturated heterocycles. The van der Waals surface area contributed by atoms with Gasteiger partial charge in [0.25, 0.3) is 5.69 Å². The minimum Gasteiger partial charge on any atom is -0.488 e. The van der Waals surface area contributed by atoms with Crippen LogP contribution in [0, 0.1) is 21.4 Å². The predicted molar refractivity (Wildman–Crippen MR) is 121 cm³/mol. The quantitative estimate of drug-likeness (QED) is 0.161. The van der Waals surface area contributed by atoms with E-state index < -0.39 is 4.92 Å². The van der Waals surface area contributed by atoms with Crippen LogP contribution >= 0.6 is 0 Å². The highest BCUT2D eigenvalue weighted by molar-refractivity contribution is 5.94. The number of para-hydroxylation sites is 1. The van der Waals surface area contributed by atoms with Crippen LogP contribution in [0.4, 0.5) is 5.69 Å². The van der Waals surface area contributed by atoms with Crippen LogP contribution in [0.1, 0.15) is 16.7 Å². The largest absolute Gasteiger partial charge is 0.488 e. The summed E-state index contributed by atoms with van der Waals surface area (Å²) in [6.45, 7) is 0.185. The zero-order valence-corrected chi connectivity index (χ0v) is 16.6. The normalized spacial score (nSPS) is 11.1. The Hall–Kier alpha value is -4.43. The van der Waals surface area contributed by atoms with E-state index >= 15 is 0 Å². The molecular formula is C26H18N2O3. The third-order valence-corrected chi connectivity index (χ3v) is 4.92. The molecule has 150 valence electrons. The Labute approximate surface area is 179 Å². The zero-order valence-electron chi connectivity index (χ0n) is 16.6. The number of nitro groups is 1. The first-order valence-corrected chi connectivity index (χ1v) is 9.70. The standard InChI is InChI=1S/C26H18N2O3/c27-17-24(22-13-12-20-7-1-2-8-21(20)15-22)16-23-9-3-4-11-26(23)31-18-19-6-5-10-25(14-19)28(29)30/h1-16H,18H2/b24-16-. The Kier molecular flexibility index (Phi) is 5.72.